The maximum Gasteiger partial charge on any atom is 0.0885 e. The van der Waals surface area contributed by atoms with Gasteiger partial charge < -0.3 is 5.32 Å². The Morgan fingerprint density at radius 2 is 1.82 bits per heavy atom. The minimum absolute atomic E-state index is 0.873. The molecule has 3 heteroatoms. The molecule has 108 valence electrons. The molecule has 1 N–H and O–H groups in total. The zero-order chi connectivity index (χ0) is 15.4. The number of nitrogens with one attached hydrogen (secondary N) is 1. The fourth-order valence-corrected chi connectivity index (χ4v) is 2.20. The first kappa shape index (κ1) is 14.0. The van der Waals surface area contributed by atoms with Crippen LogP contribution in [0.1, 0.15) is 12.5 Å². The lowest BCUT2D eigenvalue weighted by Crippen LogP contribution is -1.91. The number of rotatable bonds is 4. The molecule has 3 rings (SSSR count). The molecule has 0 radical (unpaired) electrons. The first-order valence-electron chi connectivity index (χ1n) is 7.12. The molecule has 0 bridgehead atoms. The summed E-state index contributed by atoms with van der Waals surface area (Å²) in [6.45, 7) is 5.99. The van der Waals surface area contributed by atoms with E-state index < -0.39 is 0 Å². The number of anilines is 2. The topological polar surface area (TPSA) is 37.8 Å². The third-order valence-electron chi connectivity index (χ3n) is 3.39. The van der Waals surface area contributed by atoms with Crippen LogP contribution in [0.4, 0.5) is 11.4 Å². The van der Waals surface area contributed by atoms with E-state index in [1.54, 1.807) is 18.6 Å². The smallest absolute Gasteiger partial charge is 0.0885 e. The molecule has 0 saturated carbocycles. The summed E-state index contributed by atoms with van der Waals surface area (Å²) in [6.07, 6.45) is 5.14. The van der Waals surface area contributed by atoms with Crippen LogP contribution in [0.25, 0.3) is 16.8 Å². The van der Waals surface area contributed by atoms with Gasteiger partial charge in [0.25, 0.3) is 0 Å². The SMILES string of the molecule is C=C(C)c1cccc(Nc2ccc(-c3cnccn3)cc2)c1. The van der Waals surface area contributed by atoms with Crippen LogP contribution in [-0.4, -0.2) is 9.97 Å². The molecule has 1 aromatic heterocycles. The van der Waals surface area contributed by atoms with Gasteiger partial charge in [0.2, 0.25) is 0 Å². The molecule has 0 saturated heterocycles. The van der Waals surface area contributed by atoms with Crippen molar-refractivity contribution in [1.29, 1.82) is 0 Å². The van der Waals surface area contributed by atoms with Crippen molar-refractivity contribution in [3.05, 3.63) is 79.3 Å². The molecule has 0 aliphatic carbocycles. The summed E-state index contributed by atoms with van der Waals surface area (Å²) in [5.41, 5.74) is 6.20. The van der Waals surface area contributed by atoms with E-state index in [0.29, 0.717) is 0 Å². The van der Waals surface area contributed by atoms with Crippen molar-refractivity contribution < 1.29 is 0 Å². The molecular formula is C19H17N3. The summed E-state index contributed by atoms with van der Waals surface area (Å²) in [5.74, 6) is 0. The third-order valence-corrected chi connectivity index (χ3v) is 3.39. The summed E-state index contributed by atoms with van der Waals surface area (Å²) in [7, 11) is 0. The molecular weight excluding hydrogens is 270 g/mol. The predicted octanol–water partition coefficient (Wildman–Crippen LogP) is 4.92. The molecule has 0 spiro atoms. The lowest BCUT2D eigenvalue weighted by molar-refractivity contribution is 1.21. The second-order valence-corrected chi connectivity index (χ2v) is 5.15. The van der Waals surface area contributed by atoms with Crippen LogP contribution in [0.5, 0.6) is 0 Å². The van der Waals surface area contributed by atoms with E-state index in [1.165, 1.54) is 0 Å². The Bertz CT molecular complexity index is 777. The highest BCUT2D eigenvalue weighted by atomic mass is 14.9. The Hall–Kier alpha value is -2.94. The molecule has 3 aromatic rings. The van der Waals surface area contributed by atoms with E-state index in [2.05, 4.69) is 34.0 Å². The first-order valence-corrected chi connectivity index (χ1v) is 7.12. The Morgan fingerprint density at radius 1 is 1.00 bits per heavy atom. The standard InChI is InChI=1S/C19H17N3/c1-14(2)16-4-3-5-18(12-16)22-17-8-6-15(7-9-17)19-13-20-10-11-21-19/h3-13,22H,1H2,2H3. The van der Waals surface area contributed by atoms with Gasteiger partial charge in [0.1, 0.15) is 0 Å². The molecule has 1 heterocycles. The summed E-state index contributed by atoms with van der Waals surface area (Å²) in [4.78, 5) is 8.39. The van der Waals surface area contributed by atoms with Crippen LogP contribution in [0.2, 0.25) is 0 Å². The van der Waals surface area contributed by atoms with Crippen molar-refractivity contribution in [3.8, 4) is 11.3 Å². The molecule has 0 unspecified atom stereocenters. The maximum atomic E-state index is 4.30. The highest BCUT2D eigenvalue weighted by Crippen LogP contribution is 2.23. The van der Waals surface area contributed by atoms with Crippen LogP contribution >= 0.6 is 0 Å². The van der Waals surface area contributed by atoms with Crippen molar-refractivity contribution in [2.75, 3.05) is 5.32 Å². The Balaban J connectivity index is 1.79. The maximum absolute atomic E-state index is 4.30. The highest BCUT2D eigenvalue weighted by molar-refractivity contribution is 5.70. The van der Waals surface area contributed by atoms with Crippen LogP contribution in [0, 0.1) is 0 Å². The number of hydrogen-bond donors (Lipinski definition) is 1. The Morgan fingerprint density at radius 3 is 2.50 bits per heavy atom. The van der Waals surface area contributed by atoms with Crippen LogP contribution in [0.15, 0.2) is 73.7 Å². The van der Waals surface area contributed by atoms with Crippen molar-refractivity contribution in [1.82, 2.24) is 9.97 Å². The van der Waals surface area contributed by atoms with Crippen LogP contribution < -0.4 is 5.32 Å². The number of hydrogen-bond acceptors (Lipinski definition) is 3. The minimum atomic E-state index is 0.873. The van der Waals surface area contributed by atoms with Gasteiger partial charge in [-0.2, -0.15) is 0 Å². The molecule has 0 fully saturated rings. The summed E-state index contributed by atoms with van der Waals surface area (Å²) in [6, 6.07) is 16.4. The van der Waals surface area contributed by atoms with Crippen molar-refractivity contribution in [2.45, 2.75) is 6.92 Å². The normalized spacial score (nSPS) is 10.2. The van der Waals surface area contributed by atoms with Gasteiger partial charge in [-0.15, -0.1) is 0 Å². The number of benzene rings is 2. The third kappa shape index (κ3) is 3.20. The lowest BCUT2D eigenvalue weighted by atomic mass is 10.1. The second-order valence-electron chi connectivity index (χ2n) is 5.15. The van der Waals surface area contributed by atoms with E-state index >= 15 is 0 Å². The average molecular weight is 287 g/mol. The average Bonchev–Trinajstić information content (AvgIpc) is 2.56. The molecule has 0 aliphatic rings. The predicted molar refractivity (Wildman–Crippen MR) is 91.9 cm³/mol. The summed E-state index contributed by atoms with van der Waals surface area (Å²) in [5, 5.41) is 3.40. The second kappa shape index (κ2) is 6.22. The fraction of sp³-hybridized carbons (Fsp3) is 0.0526. The molecule has 0 aliphatic heterocycles. The summed E-state index contributed by atoms with van der Waals surface area (Å²) >= 11 is 0. The molecule has 22 heavy (non-hydrogen) atoms. The van der Waals surface area contributed by atoms with Gasteiger partial charge in [-0.05, 0) is 36.8 Å². The Labute approximate surface area is 130 Å². The van der Waals surface area contributed by atoms with E-state index in [-0.39, 0.29) is 0 Å². The van der Waals surface area contributed by atoms with E-state index in [1.807, 2.05) is 43.3 Å². The van der Waals surface area contributed by atoms with Crippen LogP contribution in [0.3, 0.4) is 0 Å². The molecule has 0 atom stereocenters. The van der Waals surface area contributed by atoms with Gasteiger partial charge in [0.05, 0.1) is 11.9 Å². The molecule has 3 nitrogen and oxygen atoms in total. The molecule has 2 aromatic carbocycles. The number of aromatic nitrogens is 2. The number of allylic oxidation sites excluding steroid dienone is 1. The zero-order valence-electron chi connectivity index (χ0n) is 12.5. The monoisotopic (exact) mass is 287 g/mol. The van der Waals surface area contributed by atoms with Gasteiger partial charge in [0, 0.05) is 29.3 Å². The Kier molecular flexibility index (Phi) is 3.97. The summed E-state index contributed by atoms with van der Waals surface area (Å²) < 4.78 is 0. The van der Waals surface area contributed by atoms with E-state index in [4.69, 9.17) is 0 Å². The number of nitrogens with zero attached hydrogens (tertiary/aromatic N) is 2. The van der Waals surface area contributed by atoms with Crippen molar-refractivity contribution in [3.63, 3.8) is 0 Å². The lowest BCUT2D eigenvalue weighted by Gasteiger charge is -2.09. The first-order chi connectivity index (χ1) is 10.7. The zero-order valence-corrected chi connectivity index (χ0v) is 12.5. The van der Waals surface area contributed by atoms with Gasteiger partial charge in [0.15, 0.2) is 0 Å². The van der Waals surface area contributed by atoms with Gasteiger partial charge in [-0.25, -0.2) is 0 Å². The van der Waals surface area contributed by atoms with Gasteiger partial charge >= 0.3 is 0 Å². The van der Waals surface area contributed by atoms with E-state index in [0.717, 1.165) is 33.8 Å². The van der Waals surface area contributed by atoms with Crippen molar-refractivity contribution in [2.24, 2.45) is 0 Å². The fourth-order valence-electron chi connectivity index (χ4n) is 2.20. The van der Waals surface area contributed by atoms with Gasteiger partial charge in [-0.3, -0.25) is 9.97 Å². The highest BCUT2D eigenvalue weighted by Gasteiger charge is 2.01. The molecule has 0 amide bonds. The van der Waals surface area contributed by atoms with Crippen LogP contribution in [-0.2, 0) is 0 Å². The van der Waals surface area contributed by atoms with E-state index in [9.17, 15) is 0 Å². The van der Waals surface area contributed by atoms with Gasteiger partial charge in [-0.1, -0.05) is 36.4 Å². The minimum Gasteiger partial charge on any atom is -0.356 e. The largest absolute Gasteiger partial charge is 0.356 e. The quantitative estimate of drug-likeness (QED) is 0.740. The van der Waals surface area contributed by atoms with Crippen molar-refractivity contribution >= 4 is 16.9 Å².